The van der Waals surface area contributed by atoms with E-state index in [1.165, 1.54) is 3.57 Å². The van der Waals surface area contributed by atoms with Crippen LogP contribution in [0.15, 0.2) is 102 Å². The van der Waals surface area contributed by atoms with Crippen LogP contribution in [0.2, 0.25) is 0 Å². The molecule has 0 radical (unpaired) electrons. The molecule has 0 saturated carbocycles. The number of esters is 1. The second kappa shape index (κ2) is 8.96. The van der Waals surface area contributed by atoms with Gasteiger partial charge in [-0.15, -0.1) is 0 Å². The third-order valence-electron chi connectivity index (χ3n) is 5.09. The molecular formula is C27H18INO3. The summed E-state index contributed by atoms with van der Waals surface area (Å²) in [7, 11) is 0. The molecule has 4 aromatic carbocycles. The molecule has 0 bridgehead atoms. The summed E-state index contributed by atoms with van der Waals surface area (Å²) in [6.45, 7) is 0.503. The van der Waals surface area contributed by atoms with Crippen LogP contribution in [-0.2, 0) is 16.1 Å². The maximum Gasteiger partial charge on any atom is 0.363 e. The van der Waals surface area contributed by atoms with E-state index in [-0.39, 0.29) is 5.70 Å². The highest BCUT2D eigenvalue weighted by Crippen LogP contribution is 2.23. The first kappa shape index (κ1) is 20.5. The topological polar surface area (TPSA) is 47.9 Å². The second-order valence-corrected chi connectivity index (χ2v) is 8.63. The predicted molar refractivity (Wildman–Crippen MR) is 134 cm³/mol. The van der Waals surface area contributed by atoms with E-state index in [4.69, 9.17) is 9.47 Å². The van der Waals surface area contributed by atoms with Crippen molar-refractivity contribution in [3.8, 4) is 5.75 Å². The zero-order chi connectivity index (χ0) is 21.9. The summed E-state index contributed by atoms with van der Waals surface area (Å²) < 4.78 is 12.5. The molecule has 1 heterocycles. The fourth-order valence-corrected chi connectivity index (χ4v) is 4.07. The SMILES string of the molecule is O=C1OC(c2ccc3ccccc3c2)=N/C1=C\c1ccc(OCc2cccc(I)c2)cc1. The second-order valence-electron chi connectivity index (χ2n) is 7.39. The molecule has 1 aliphatic rings. The molecular weight excluding hydrogens is 513 g/mol. The van der Waals surface area contributed by atoms with E-state index in [1.54, 1.807) is 6.08 Å². The van der Waals surface area contributed by atoms with Gasteiger partial charge in [0.15, 0.2) is 5.70 Å². The Morgan fingerprint density at radius 2 is 1.69 bits per heavy atom. The van der Waals surface area contributed by atoms with Gasteiger partial charge >= 0.3 is 5.97 Å². The monoisotopic (exact) mass is 531 g/mol. The summed E-state index contributed by atoms with van der Waals surface area (Å²) in [6.07, 6.45) is 1.72. The zero-order valence-corrected chi connectivity index (χ0v) is 19.2. The van der Waals surface area contributed by atoms with Crippen molar-refractivity contribution < 1.29 is 14.3 Å². The van der Waals surface area contributed by atoms with Crippen molar-refractivity contribution in [3.05, 3.63) is 117 Å². The van der Waals surface area contributed by atoms with Gasteiger partial charge in [0.05, 0.1) is 0 Å². The van der Waals surface area contributed by atoms with Gasteiger partial charge in [-0.2, -0.15) is 0 Å². The van der Waals surface area contributed by atoms with E-state index in [9.17, 15) is 4.79 Å². The Balaban J connectivity index is 1.31. The lowest BCUT2D eigenvalue weighted by Crippen LogP contribution is -2.05. The average molecular weight is 531 g/mol. The predicted octanol–water partition coefficient (Wildman–Crippen LogP) is 6.37. The van der Waals surface area contributed by atoms with Gasteiger partial charge in [0, 0.05) is 9.13 Å². The van der Waals surface area contributed by atoms with E-state index in [0.29, 0.717) is 12.5 Å². The van der Waals surface area contributed by atoms with Gasteiger partial charge in [-0.1, -0.05) is 54.6 Å². The first-order valence-electron chi connectivity index (χ1n) is 10.1. The molecule has 4 aromatic rings. The van der Waals surface area contributed by atoms with Gasteiger partial charge in [0.2, 0.25) is 5.90 Å². The number of carbonyl (C=O) groups excluding carboxylic acids is 1. The Morgan fingerprint density at radius 3 is 2.50 bits per heavy atom. The first-order valence-corrected chi connectivity index (χ1v) is 11.2. The van der Waals surface area contributed by atoms with Crippen LogP contribution in [0.5, 0.6) is 5.75 Å². The molecule has 0 aromatic heterocycles. The number of aliphatic imine (C=N–C) groups is 1. The Hall–Kier alpha value is -3.45. The molecule has 32 heavy (non-hydrogen) atoms. The number of carbonyl (C=O) groups is 1. The summed E-state index contributed by atoms with van der Waals surface area (Å²) in [6, 6.07) is 29.7. The lowest BCUT2D eigenvalue weighted by atomic mass is 10.1. The van der Waals surface area contributed by atoms with Crippen molar-refractivity contribution in [2.75, 3.05) is 0 Å². The average Bonchev–Trinajstić information content (AvgIpc) is 3.18. The molecule has 156 valence electrons. The van der Waals surface area contributed by atoms with Crippen LogP contribution in [0.25, 0.3) is 16.8 Å². The quantitative estimate of drug-likeness (QED) is 0.171. The molecule has 0 fully saturated rings. The number of hydrogen-bond donors (Lipinski definition) is 0. The number of ether oxygens (including phenoxy) is 2. The van der Waals surface area contributed by atoms with Crippen LogP contribution in [0.3, 0.4) is 0 Å². The maximum atomic E-state index is 12.3. The smallest absolute Gasteiger partial charge is 0.363 e. The number of fused-ring (bicyclic) bond motifs is 1. The van der Waals surface area contributed by atoms with Crippen LogP contribution < -0.4 is 4.74 Å². The third kappa shape index (κ3) is 4.57. The molecule has 0 spiro atoms. The number of benzene rings is 4. The number of cyclic esters (lactones) is 1. The van der Waals surface area contributed by atoms with Gasteiger partial charge in [0.1, 0.15) is 12.4 Å². The van der Waals surface area contributed by atoms with Gasteiger partial charge in [-0.05, 0) is 87.0 Å². The molecule has 1 aliphatic heterocycles. The minimum absolute atomic E-state index is 0.278. The largest absolute Gasteiger partial charge is 0.489 e. The van der Waals surface area contributed by atoms with Crippen molar-refractivity contribution in [1.29, 1.82) is 0 Å². The lowest BCUT2D eigenvalue weighted by molar-refractivity contribution is -0.129. The van der Waals surface area contributed by atoms with Crippen LogP contribution in [-0.4, -0.2) is 11.9 Å². The highest BCUT2D eigenvalue weighted by molar-refractivity contribution is 14.1. The van der Waals surface area contributed by atoms with Gasteiger partial charge in [-0.25, -0.2) is 9.79 Å². The van der Waals surface area contributed by atoms with Crippen LogP contribution >= 0.6 is 22.6 Å². The zero-order valence-electron chi connectivity index (χ0n) is 17.0. The molecule has 5 heteroatoms. The number of hydrogen-bond acceptors (Lipinski definition) is 4. The highest BCUT2D eigenvalue weighted by Gasteiger charge is 2.24. The summed E-state index contributed by atoms with van der Waals surface area (Å²) in [4.78, 5) is 16.8. The highest BCUT2D eigenvalue weighted by atomic mass is 127. The molecule has 0 N–H and O–H groups in total. The van der Waals surface area contributed by atoms with E-state index < -0.39 is 5.97 Å². The summed E-state index contributed by atoms with van der Waals surface area (Å²) in [5.41, 5.74) is 3.02. The Labute approximate surface area is 199 Å². The van der Waals surface area contributed by atoms with Crippen molar-refractivity contribution >= 4 is 51.3 Å². The molecule has 0 atom stereocenters. The number of nitrogens with zero attached hydrogens (tertiary/aromatic N) is 1. The van der Waals surface area contributed by atoms with Crippen molar-refractivity contribution in [2.24, 2.45) is 4.99 Å². The third-order valence-corrected chi connectivity index (χ3v) is 5.77. The Morgan fingerprint density at radius 1 is 0.875 bits per heavy atom. The Bertz CT molecular complexity index is 1370. The van der Waals surface area contributed by atoms with Gasteiger partial charge < -0.3 is 9.47 Å². The van der Waals surface area contributed by atoms with E-state index in [0.717, 1.165) is 33.2 Å². The van der Waals surface area contributed by atoms with E-state index in [2.05, 4.69) is 33.6 Å². The van der Waals surface area contributed by atoms with Crippen LogP contribution in [0.4, 0.5) is 0 Å². The number of rotatable bonds is 5. The number of halogens is 1. The van der Waals surface area contributed by atoms with Crippen molar-refractivity contribution in [1.82, 2.24) is 0 Å². The molecule has 0 unspecified atom stereocenters. The van der Waals surface area contributed by atoms with E-state index in [1.807, 2.05) is 84.9 Å². The van der Waals surface area contributed by atoms with Gasteiger partial charge in [0.25, 0.3) is 0 Å². The minimum atomic E-state index is -0.452. The Kier molecular flexibility index (Phi) is 5.73. The van der Waals surface area contributed by atoms with Gasteiger partial charge in [-0.3, -0.25) is 0 Å². The molecule has 4 nitrogen and oxygen atoms in total. The van der Waals surface area contributed by atoms with E-state index >= 15 is 0 Å². The molecule has 5 rings (SSSR count). The summed E-state index contributed by atoms with van der Waals surface area (Å²) >= 11 is 2.29. The summed E-state index contributed by atoms with van der Waals surface area (Å²) in [5.74, 6) is 0.636. The summed E-state index contributed by atoms with van der Waals surface area (Å²) in [5, 5.41) is 2.20. The standard InChI is InChI=1S/C27H18INO3/c28-23-7-3-4-19(14-23)17-31-24-12-8-18(9-13-24)15-25-27(30)32-26(29-25)22-11-10-20-5-1-2-6-21(20)16-22/h1-16H,17H2/b25-15-. The minimum Gasteiger partial charge on any atom is -0.489 e. The maximum absolute atomic E-state index is 12.3. The molecule has 0 amide bonds. The van der Waals surface area contributed by atoms with Crippen LogP contribution in [0.1, 0.15) is 16.7 Å². The fraction of sp³-hybridized carbons (Fsp3) is 0.0370. The molecule has 0 saturated heterocycles. The normalized spacial score (nSPS) is 14.5. The van der Waals surface area contributed by atoms with Crippen molar-refractivity contribution in [3.63, 3.8) is 0 Å². The fourth-order valence-electron chi connectivity index (χ4n) is 3.47. The first-order chi connectivity index (χ1) is 15.6. The van der Waals surface area contributed by atoms with Crippen molar-refractivity contribution in [2.45, 2.75) is 6.61 Å². The lowest BCUT2D eigenvalue weighted by Gasteiger charge is -2.07. The van der Waals surface area contributed by atoms with Crippen LogP contribution in [0, 0.1) is 3.57 Å². The molecule has 0 aliphatic carbocycles.